The lowest BCUT2D eigenvalue weighted by atomic mass is 9.86. The molecule has 0 saturated carbocycles. The van der Waals surface area contributed by atoms with Gasteiger partial charge in [0.05, 0.1) is 19.6 Å². The average molecular weight is 631 g/mol. The number of nitrogens with zero attached hydrogens (tertiary/aromatic N) is 1. The van der Waals surface area contributed by atoms with Crippen LogP contribution in [-0.4, -0.2) is 16.9 Å². The lowest BCUT2D eigenvalue weighted by Gasteiger charge is -2.29. The van der Waals surface area contributed by atoms with Crippen molar-refractivity contribution in [3.05, 3.63) is 66.8 Å². The number of benzene rings is 2. The minimum absolute atomic E-state index is 0.0839. The van der Waals surface area contributed by atoms with Crippen molar-refractivity contribution in [3.63, 3.8) is 0 Å². The van der Waals surface area contributed by atoms with Crippen LogP contribution in [0.5, 0.6) is 0 Å². The lowest BCUT2D eigenvalue weighted by Crippen LogP contribution is -2.42. The molecule has 1 aliphatic rings. The Bertz CT molecular complexity index is 1090. The third-order valence-corrected chi connectivity index (χ3v) is 6.91. The van der Waals surface area contributed by atoms with Crippen LogP contribution in [0, 0.1) is 11.7 Å². The van der Waals surface area contributed by atoms with Gasteiger partial charge in [-0.05, 0) is 61.5 Å². The van der Waals surface area contributed by atoms with Gasteiger partial charge in [0.1, 0.15) is 0 Å². The van der Waals surface area contributed by atoms with Crippen LogP contribution < -0.4 is 5.32 Å². The highest BCUT2D eigenvalue weighted by molar-refractivity contribution is 9.11. The van der Waals surface area contributed by atoms with E-state index < -0.39 is 24.0 Å². The monoisotopic (exact) mass is 628 g/mol. The van der Waals surface area contributed by atoms with Gasteiger partial charge in [0.15, 0.2) is 5.82 Å². The Morgan fingerprint density at radius 3 is 2.42 bits per heavy atom. The van der Waals surface area contributed by atoms with Gasteiger partial charge in [0, 0.05) is 35.5 Å². The van der Waals surface area contributed by atoms with Crippen LogP contribution in [0.2, 0.25) is 5.02 Å². The van der Waals surface area contributed by atoms with Crippen LogP contribution in [0.4, 0.5) is 17.6 Å². The Morgan fingerprint density at radius 2 is 1.88 bits per heavy atom. The first-order chi connectivity index (χ1) is 15.3. The number of nitrogens with one attached hydrogen (secondary N) is 1. The minimum Gasteiger partial charge on any atom is -0.376 e. The quantitative estimate of drug-likeness (QED) is 0.199. The van der Waals surface area contributed by atoms with Crippen molar-refractivity contribution < 1.29 is 22.4 Å². The summed E-state index contributed by atoms with van der Waals surface area (Å²) in [5, 5.41) is 7.24. The van der Waals surface area contributed by atoms with Gasteiger partial charge in [-0.3, -0.25) is 0 Å². The molecule has 0 amide bonds. The van der Waals surface area contributed by atoms with Crippen LogP contribution >= 0.6 is 55.7 Å². The van der Waals surface area contributed by atoms with Crippen LogP contribution in [-0.2, 0) is 17.0 Å². The molecule has 1 aliphatic heterocycles. The first-order valence-corrected chi connectivity index (χ1v) is 12.2. The maximum atomic E-state index is 14.2. The Balaban J connectivity index is 1.84. The Labute approximate surface area is 216 Å². The standard InChI is InChI=1S/C22H19Br2ClF4N2OS/c1-11(2)5-19(33)30-10-13-4-3-12(6-17(13)25)18-9-21(32-31-18,22(27,28)29)14-7-15(23)20(26)16(24)8-14/h3-4,6-8,11H,5,9-10H2,1-2H3,(H,30,33). The molecule has 0 spiro atoms. The highest BCUT2D eigenvalue weighted by Crippen LogP contribution is 2.50. The van der Waals surface area contributed by atoms with Crippen LogP contribution in [0.3, 0.4) is 0 Å². The second kappa shape index (κ2) is 10.2. The summed E-state index contributed by atoms with van der Waals surface area (Å²) in [6.07, 6.45) is -4.66. The maximum Gasteiger partial charge on any atom is 0.435 e. The van der Waals surface area contributed by atoms with E-state index in [-0.39, 0.29) is 20.2 Å². The summed E-state index contributed by atoms with van der Waals surface area (Å²) in [6.45, 7) is 4.52. The number of rotatable bonds is 6. The predicted octanol–water partition coefficient (Wildman–Crippen LogP) is 8.05. The summed E-state index contributed by atoms with van der Waals surface area (Å²) < 4.78 is 56.3. The molecule has 2 aromatic rings. The number of alkyl halides is 3. The molecule has 11 heteroatoms. The minimum atomic E-state index is -4.81. The van der Waals surface area contributed by atoms with Crippen molar-refractivity contribution in [2.45, 2.75) is 45.0 Å². The molecule has 0 radical (unpaired) electrons. The molecular weight excluding hydrogens is 612 g/mol. The van der Waals surface area contributed by atoms with Crippen LogP contribution in [0.15, 0.2) is 44.4 Å². The van der Waals surface area contributed by atoms with E-state index in [0.717, 1.165) is 24.1 Å². The number of thiocarbonyl (C=S) groups is 1. The average Bonchev–Trinajstić information content (AvgIpc) is 3.17. The first-order valence-electron chi connectivity index (χ1n) is 9.86. The van der Waals surface area contributed by atoms with E-state index in [2.05, 4.69) is 56.2 Å². The van der Waals surface area contributed by atoms with Gasteiger partial charge in [0.2, 0.25) is 0 Å². The number of halogens is 7. The fourth-order valence-electron chi connectivity index (χ4n) is 3.35. The van der Waals surface area contributed by atoms with E-state index in [1.165, 1.54) is 0 Å². The highest BCUT2D eigenvalue weighted by Gasteiger charge is 2.62. The summed E-state index contributed by atoms with van der Waals surface area (Å²) in [4.78, 5) is 5.73. The van der Waals surface area contributed by atoms with Gasteiger partial charge in [-0.1, -0.05) is 55.0 Å². The van der Waals surface area contributed by atoms with E-state index >= 15 is 0 Å². The van der Waals surface area contributed by atoms with Crippen molar-refractivity contribution >= 4 is 66.4 Å². The van der Waals surface area contributed by atoms with E-state index in [1.807, 2.05) is 0 Å². The van der Waals surface area contributed by atoms with Crippen molar-refractivity contribution in [3.8, 4) is 0 Å². The smallest absolute Gasteiger partial charge is 0.376 e. The molecule has 0 aromatic heterocycles. The predicted molar refractivity (Wildman–Crippen MR) is 132 cm³/mol. The number of hydrogen-bond donors (Lipinski definition) is 1. The van der Waals surface area contributed by atoms with Gasteiger partial charge in [-0.15, -0.1) is 0 Å². The van der Waals surface area contributed by atoms with Gasteiger partial charge in [-0.2, -0.15) is 13.2 Å². The summed E-state index contributed by atoms with van der Waals surface area (Å²) in [5.41, 5.74) is -1.80. The molecule has 2 aromatic carbocycles. The molecule has 3 nitrogen and oxygen atoms in total. The Morgan fingerprint density at radius 1 is 1.24 bits per heavy atom. The summed E-state index contributed by atoms with van der Waals surface area (Å²) in [7, 11) is 0. The van der Waals surface area contributed by atoms with Gasteiger partial charge in [0.25, 0.3) is 5.60 Å². The Kier molecular flexibility index (Phi) is 8.13. The summed E-state index contributed by atoms with van der Waals surface area (Å²) >= 11 is 17.6. The zero-order chi connectivity index (χ0) is 24.6. The molecule has 3 rings (SSSR count). The van der Waals surface area contributed by atoms with Gasteiger partial charge < -0.3 is 10.2 Å². The van der Waals surface area contributed by atoms with Crippen LogP contribution in [0.1, 0.15) is 43.4 Å². The molecule has 1 unspecified atom stereocenters. The van der Waals surface area contributed by atoms with Crippen molar-refractivity contribution in [1.82, 2.24) is 5.32 Å². The molecular formula is C22H19Br2ClF4N2OS. The van der Waals surface area contributed by atoms with Gasteiger partial charge >= 0.3 is 6.18 Å². The highest BCUT2D eigenvalue weighted by atomic mass is 79.9. The number of oxime groups is 1. The van der Waals surface area contributed by atoms with Crippen LogP contribution in [0.25, 0.3) is 0 Å². The first kappa shape index (κ1) is 26.4. The second-order valence-corrected chi connectivity index (χ2v) is 10.7. The fraction of sp³-hybridized carbons (Fsp3) is 0.364. The molecule has 1 heterocycles. The SMILES string of the molecule is CC(C)CC(=S)NCc1ccc(C2=NOC(c3cc(Br)c(F)c(Br)c3)(C(F)(F)F)C2)cc1Cl. The Hall–Kier alpha value is -1.23. The third kappa shape index (κ3) is 5.71. The molecule has 1 atom stereocenters. The normalized spacial score (nSPS) is 18.3. The largest absolute Gasteiger partial charge is 0.435 e. The molecule has 0 aliphatic carbocycles. The van der Waals surface area contributed by atoms with Crippen molar-refractivity contribution in [1.29, 1.82) is 0 Å². The second-order valence-electron chi connectivity index (χ2n) is 8.07. The molecule has 1 N–H and O–H groups in total. The number of hydrogen-bond acceptors (Lipinski definition) is 3. The van der Waals surface area contributed by atoms with E-state index in [0.29, 0.717) is 28.0 Å². The summed E-state index contributed by atoms with van der Waals surface area (Å²) in [5.74, 6) is -0.293. The zero-order valence-corrected chi connectivity index (χ0v) is 22.2. The van der Waals surface area contributed by atoms with Crippen molar-refractivity contribution in [2.75, 3.05) is 0 Å². The van der Waals surface area contributed by atoms with E-state index in [4.69, 9.17) is 28.7 Å². The molecule has 178 valence electrons. The lowest BCUT2D eigenvalue weighted by molar-refractivity contribution is -0.275. The molecule has 0 fully saturated rings. The van der Waals surface area contributed by atoms with E-state index in [1.54, 1.807) is 18.2 Å². The third-order valence-electron chi connectivity index (χ3n) is 5.09. The zero-order valence-electron chi connectivity index (χ0n) is 17.5. The fourth-order valence-corrected chi connectivity index (χ4v) is 5.19. The summed E-state index contributed by atoms with van der Waals surface area (Å²) in [6, 6.07) is 7.00. The van der Waals surface area contributed by atoms with Crippen molar-refractivity contribution in [2.24, 2.45) is 11.1 Å². The molecule has 0 saturated heterocycles. The molecule has 33 heavy (non-hydrogen) atoms. The van der Waals surface area contributed by atoms with E-state index in [9.17, 15) is 17.6 Å². The maximum absolute atomic E-state index is 14.2. The van der Waals surface area contributed by atoms with Gasteiger partial charge in [-0.25, -0.2) is 4.39 Å². The molecule has 0 bridgehead atoms. The topological polar surface area (TPSA) is 33.6 Å².